The number of amides is 1. The first-order chi connectivity index (χ1) is 12.7. The Morgan fingerprint density at radius 2 is 2.04 bits per heavy atom. The average molecular weight is 375 g/mol. The molecule has 138 valence electrons. The molecule has 1 aliphatic rings. The molecule has 1 amide bonds. The zero-order chi connectivity index (χ0) is 18.4. The number of ether oxygens (including phenoxy) is 2. The average Bonchev–Trinajstić information content (AvgIpc) is 3.13. The highest BCUT2D eigenvalue weighted by molar-refractivity contribution is 7.18. The molecule has 7 nitrogen and oxygen atoms in total. The van der Waals surface area contributed by atoms with Crippen LogP contribution >= 0.6 is 11.3 Å². The van der Waals surface area contributed by atoms with Crippen LogP contribution in [0.3, 0.4) is 0 Å². The number of hydrogen-bond donors (Lipinski definition) is 1. The van der Waals surface area contributed by atoms with Gasteiger partial charge in [-0.05, 0) is 30.7 Å². The monoisotopic (exact) mass is 375 g/mol. The van der Waals surface area contributed by atoms with Crippen LogP contribution in [0.15, 0.2) is 30.6 Å². The number of carbonyl (C=O) groups excluding carboxylic acids is 2. The fraction of sp³-hybridized carbons (Fsp3) is 0.389. The lowest BCUT2D eigenvalue weighted by Crippen LogP contribution is -2.35. The van der Waals surface area contributed by atoms with Crippen LogP contribution in [0.25, 0.3) is 11.1 Å². The van der Waals surface area contributed by atoms with Gasteiger partial charge in [0.1, 0.15) is 6.54 Å². The Labute approximate surface area is 155 Å². The van der Waals surface area contributed by atoms with E-state index in [0.717, 1.165) is 29.2 Å². The highest BCUT2D eigenvalue weighted by Gasteiger charge is 2.22. The maximum atomic E-state index is 12.5. The van der Waals surface area contributed by atoms with E-state index < -0.39 is 5.97 Å². The molecule has 0 atom stereocenters. The summed E-state index contributed by atoms with van der Waals surface area (Å²) in [4.78, 5) is 30.8. The Morgan fingerprint density at radius 3 is 2.73 bits per heavy atom. The summed E-state index contributed by atoms with van der Waals surface area (Å²) < 4.78 is 10.3. The van der Waals surface area contributed by atoms with Gasteiger partial charge in [0, 0.05) is 31.0 Å². The number of anilines is 1. The molecule has 2 aromatic heterocycles. The molecule has 1 saturated heterocycles. The lowest BCUT2D eigenvalue weighted by molar-refractivity contribution is -0.141. The van der Waals surface area contributed by atoms with Gasteiger partial charge in [-0.2, -0.15) is 0 Å². The molecule has 0 aromatic carbocycles. The zero-order valence-corrected chi connectivity index (χ0v) is 15.4. The van der Waals surface area contributed by atoms with Gasteiger partial charge in [0.05, 0.1) is 29.7 Å². The summed E-state index contributed by atoms with van der Waals surface area (Å²) in [6.07, 6.45) is 3.47. The molecule has 0 aliphatic carbocycles. The van der Waals surface area contributed by atoms with Crippen molar-refractivity contribution in [3.8, 4) is 11.1 Å². The number of thiophene rings is 1. The zero-order valence-electron chi connectivity index (χ0n) is 14.6. The number of morpholine rings is 1. The van der Waals surface area contributed by atoms with Crippen molar-refractivity contribution in [2.24, 2.45) is 0 Å². The maximum absolute atomic E-state index is 12.5. The smallest absolute Gasteiger partial charge is 0.325 e. The molecule has 0 unspecified atom stereocenters. The summed E-state index contributed by atoms with van der Waals surface area (Å²) in [5.74, 6) is -0.724. The van der Waals surface area contributed by atoms with Crippen LogP contribution < -0.4 is 10.2 Å². The van der Waals surface area contributed by atoms with Gasteiger partial charge >= 0.3 is 5.97 Å². The Kier molecular flexibility index (Phi) is 6.19. The molecule has 1 fully saturated rings. The highest BCUT2D eigenvalue weighted by atomic mass is 32.1. The van der Waals surface area contributed by atoms with E-state index in [1.165, 1.54) is 11.3 Å². The number of nitrogens with zero attached hydrogens (tertiary/aromatic N) is 2. The van der Waals surface area contributed by atoms with E-state index in [2.05, 4.69) is 15.2 Å². The normalized spacial score (nSPS) is 14.1. The molecule has 0 bridgehead atoms. The van der Waals surface area contributed by atoms with Crippen molar-refractivity contribution < 1.29 is 19.1 Å². The topological polar surface area (TPSA) is 80.8 Å². The number of rotatable bonds is 6. The molecule has 3 heterocycles. The van der Waals surface area contributed by atoms with Crippen molar-refractivity contribution in [2.75, 3.05) is 44.4 Å². The third-order valence-corrected chi connectivity index (χ3v) is 5.12. The summed E-state index contributed by atoms with van der Waals surface area (Å²) in [7, 11) is 0. The molecule has 0 saturated carbocycles. The second kappa shape index (κ2) is 8.77. The minimum atomic E-state index is -0.444. The van der Waals surface area contributed by atoms with E-state index in [4.69, 9.17) is 9.47 Å². The van der Waals surface area contributed by atoms with Gasteiger partial charge < -0.3 is 19.7 Å². The summed E-state index contributed by atoms with van der Waals surface area (Å²) in [6.45, 7) is 4.78. The molecule has 26 heavy (non-hydrogen) atoms. The van der Waals surface area contributed by atoms with Crippen LogP contribution in [0.1, 0.15) is 16.6 Å². The van der Waals surface area contributed by atoms with Crippen molar-refractivity contribution >= 4 is 28.2 Å². The molecular formula is C18H21N3O4S. The SMILES string of the molecule is CCOC(=O)CNC(=O)c1cc(-c2ccncc2)c(N2CCOCC2)s1. The first-order valence-corrected chi connectivity index (χ1v) is 9.31. The van der Waals surface area contributed by atoms with Gasteiger partial charge in [-0.15, -0.1) is 11.3 Å². The number of carbonyl (C=O) groups is 2. The van der Waals surface area contributed by atoms with Gasteiger partial charge in [-0.3, -0.25) is 14.6 Å². The van der Waals surface area contributed by atoms with E-state index in [9.17, 15) is 9.59 Å². The molecule has 0 spiro atoms. The fourth-order valence-corrected chi connectivity index (χ4v) is 3.83. The molecule has 3 rings (SSSR count). The quantitative estimate of drug-likeness (QED) is 0.777. The van der Waals surface area contributed by atoms with E-state index >= 15 is 0 Å². The fourth-order valence-electron chi connectivity index (χ4n) is 2.68. The van der Waals surface area contributed by atoms with Gasteiger partial charge in [0.25, 0.3) is 5.91 Å². The first kappa shape index (κ1) is 18.3. The van der Waals surface area contributed by atoms with Crippen LogP contribution in [-0.4, -0.2) is 56.3 Å². The standard InChI is InChI=1S/C18H21N3O4S/c1-2-25-16(22)12-20-17(23)15-11-14(13-3-5-19-6-4-13)18(26-15)21-7-9-24-10-8-21/h3-6,11H,2,7-10,12H2,1H3,(H,20,23). The largest absolute Gasteiger partial charge is 0.465 e. The summed E-state index contributed by atoms with van der Waals surface area (Å²) >= 11 is 1.42. The van der Waals surface area contributed by atoms with E-state index in [1.807, 2.05) is 18.2 Å². The second-order valence-electron chi connectivity index (χ2n) is 5.65. The van der Waals surface area contributed by atoms with Crippen molar-refractivity contribution in [3.05, 3.63) is 35.5 Å². The van der Waals surface area contributed by atoms with Crippen LogP contribution in [0.4, 0.5) is 5.00 Å². The third kappa shape index (κ3) is 4.39. The second-order valence-corrected chi connectivity index (χ2v) is 6.68. The van der Waals surface area contributed by atoms with Crippen molar-refractivity contribution in [2.45, 2.75) is 6.92 Å². The Bertz CT molecular complexity index is 757. The minimum Gasteiger partial charge on any atom is -0.465 e. The lowest BCUT2D eigenvalue weighted by Gasteiger charge is -2.28. The number of aromatic nitrogens is 1. The molecule has 0 radical (unpaired) electrons. The molecular weight excluding hydrogens is 354 g/mol. The van der Waals surface area contributed by atoms with Crippen LogP contribution in [0.2, 0.25) is 0 Å². The van der Waals surface area contributed by atoms with Gasteiger partial charge in [0.2, 0.25) is 0 Å². The van der Waals surface area contributed by atoms with Crippen LogP contribution in [0, 0.1) is 0 Å². The summed E-state index contributed by atoms with van der Waals surface area (Å²) in [5, 5.41) is 3.65. The van der Waals surface area contributed by atoms with Gasteiger partial charge in [0.15, 0.2) is 0 Å². The van der Waals surface area contributed by atoms with Crippen molar-refractivity contribution in [3.63, 3.8) is 0 Å². The maximum Gasteiger partial charge on any atom is 0.325 e. The third-order valence-electron chi connectivity index (χ3n) is 3.92. The Hall–Kier alpha value is -2.45. The predicted octanol–water partition coefficient (Wildman–Crippen LogP) is 1.94. The first-order valence-electron chi connectivity index (χ1n) is 8.49. The van der Waals surface area contributed by atoms with Crippen LogP contribution in [-0.2, 0) is 14.3 Å². The number of pyridine rings is 1. The van der Waals surface area contributed by atoms with Crippen molar-refractivity contribution in [1.29, 1.82) is 0 Å². The Morgan fingerprint density at radius 1 is 1.31 bits per heavy atom. The van der Waals surface area contributed by atoms with E-state index in [0.29, 0.717) is 24.7 Å². The van der Waals surface area contributed by atoms with Crippen molar-refractivity contribution in [1.82, 2.24) is 10.3 Å². The van der Waals surface area contributed by atoms with E-state index in [1.54, 1.807) is 19.3 Å². The van der Waals surface area contributed by atoms with Crippen LogP contribution in [0.5, 0.6) is 0 Å². The number of hydrogen-bond acceptors (Lipinski definition) is 7. The summed E-state index contributed by atoms with van der Waals surface area (Å²) in [5.41, 5.74) is 1.99. The van der Waals surface area contributed by atoms with E-state index in [-0.39, 0.29) is 12.5 Å². The molecule has 2 aromatic rings. The summed E-state index contributed by atoms with van der Waals surface area (Å²) in [6, 6.07) is 5.71. The number of nitrogens with one attached hydrogen (secondary N) is 1. The minimum absolute atomic E-state index is 0.137. The predicted molar refractivity (Wildman–Crippen MR) is 99.5 cm³/mol. The number of esters is 1. The molecule has 1 N–H and O–H groups in total. The van der Waals surface area contributed by atoms with Gasteiger partial charge in [-0.1, -0.05) is 0 Å². The lowest BCUT2D eigenvalue weighted by atomic mass is 10.1. The molecule has 1 aliphatic heterocycles. The molecule has 8 heteroatoms. The Balaban J connectivity index is 1.83. The highest BCUT2D eigenvalue weighted by Crippen LogP contribution is 2.39. The van der Waals surface area contributed by atoms with Gasteiger partial charge in [-0.25, -0.2) is 0 Å².